The fourth-order valence-corrected chi connectivity index (χ4v) is 2.95. The summed E-state index contributed by atoms with van der Waals surface area (Å²) >= 11 is 0. The number of nitrogens with zero attached hydrogens (tertiary/aromatic N) is 1. The molecule has 2 heterocycles. The predicted octanol–water partition coefficient (Wildman–Crippen LogP) is 2.12. The molecule has 6 nitrogen and oxygen atoms in total. The van der Waals surface area contributed by atoms with Crippen molar-refractivity contribution in [1.82, 2.24) is 10.2 Å². The van der Waals surface area contributed by atoms with Crippen molar-refractivity contribution in [3.8, 4) is 11.5 Å². The molecule has 0 aliphatic carbocycles. The summed E-state index contributed by atoms with van der Waals surface area (Å²) in [7, 11) is 0. The van der Waals surface area contributed by atoms with Gasteiger partial charge in [0.1, 0.15) is 0 Å². The number of hydrogen-bond donors (Lipinski definition) is 1. The zero-order chi connectivity index (χ0) is 15.7. The van der Waals surface area contributed by atoms with Crippen LogP contribution in [0.25, 0.3) is 0 Å². The number of ether oxygens (including phenoxy) is 3. The van der Waals surface area contributed by atoms with Crippen molar-refractivity contribution >= 4 is 6.03 Å². The third-order valence-electron chi connectivity index (χ3n) is 3.74. The first-order valence-corrected chi connectivity index (χ1v) is 7.52. The van der Waals surface area contributed by atoms with Crippen molar-refractivity contribution in [2.75, 3.05) is 19.9 Å². The Morgan fingerprint density at radius 2 is 2.14 bits per heavy atom. The maximum atomic E-state index is 12.3. The molecule has 6 heteroatoms. The molecule has 1 unspecified atom stereocenters. The van der Waals surface area contributed by atoms with Crippen LogP contribution in [0.3, 0.4) is 0 Å². The third kappa shape index (κ3) is 3.27. The molecule has 0 spiro atoms. The van der Waals surface area contributed by atoms with Gasteiger partial charge in [0.2, 0.25) is 6.79 Å². The maximum Gasteiger partial charge on any atom is 0.317 e. The quantitative estimate of drug-likeness (QED) is 0.909. The van der Waals surface area contributed by atoms with Crippen LogP contribution in [0.4, 0.5) is 4.79 Å². The Balaban J connectivity index is 1.58. The van der Waals surface area contributed by atoms with Gasteiger partial charge in [-0.15, -0.1) is 0 Å². The number of amides is 2. The average molecular weight is 306 g/mol. The number of nitrogens with one attached hydrogen (secondary N) is 1. The van der Waals surface area contributed by atoms with Crippen molar-refractivity contribution in [1.29, 1.82) is 0 Å². The molecule has 22 heavy (non-hydrogen) atoms. The molecule has 1 aromatic rings. The van der Waals surface area contributed by atoms with E-state index in [9.17, 15) is 4.79 Å². The van der Waals surface area contributed by atoms with Gasteiger partial charge >= 0.3 is 6.03 Å². The van der Waals surface area contributed by atoms with Gasteiger partial charge in [0.05, 0.1) is 18.2 Å². The highest BCUT2D eigenvalue weighted by Gasteiger charge is 2.33. The number of benzene rings is 1. The first kappa shape index (κ1) is 15.0. The molecule has 1 fully saturated rings. The second-order valence-electron chi connectivity index (χ2n) is 6.42. The molecule has 2 aliphatic heterocycles. The fraction of sp³-hybridized carbons (Fsp3) is 0.562. The van der Waals surface area contributed by atoms with E-state index in [1.807, 2.05) is 39.0 Å². The lowest BCUT2D eigenvalue weighted by Gasteiger charge is -2.41. The van der Waals surface area contributed by atoms with Crippen LogP contribution in [0, 0.1) is 0 Å². The maximum absolute atomic E-state index is 12.3. The number of rotatable bonds is 2. The van der Waals surface area contributed by atoms with Crippen LogP contribution in [0.2, 0.25) is 0 Å². The van der Waals surface area contributed by atoms with E-state index in [0.29, 0.717) is 19.6 Å². The van der Waals surface area contributed by atoms with Crippen LogP contribution in [0.15, 0.2) is 18.2 Å². The summed E-state index contributed by atoms with van der Waals surface area (Å²) in [6, 6.07) is 5.62. The Bertz CT molecular complexity index is 573. The molecule has 0 bridgehead atoms. The zero-order valence-electron chi connectivity index (χ0n) is 13.2. The summed E-state index contributed by atoms with van der Waals surface area (Å²) in [6.07, 6.45) is 0.0417. The molecule has 0 aromatic heterocycles. The number of fused-ring (bicyclic) bond motifs is 1. The van der Waals surface area contributed by atoms with Crippen molar-refractivity contribution in [2.24, 2.45) is 0 Å². The van der Waals surface area contributed by atoms with Gasteiger partial charge in [-0.2, -0.15) is 0 Å². The predicted molar refractivity (Wildman–Crippen MR) is 81.0 cm³/mol. The summed E-state index contributed by atoms with van der Waals surface area (Å²) in [4.78, 5) is 14.1. The number of hydrogen-bond acceptors (Lipinski definition) is 4. The van der Waals surface area contributed by atoms with Crippen LogP contribution < -0.4 is 14.8 Å². The SMILES string of the molecule is CC1CN(C(=O)NCc2ccc3c(c2)OCO3)CC(C)(C)O1. The van der Waals surface area contributed by atoms with Crippen molar-refractivity contribution in [3.05, 3.63) is 23.8 Å². The van der Waals surface area contributed by atoms with Gasteiger partial charge < -0.3 is 24.4 Å². The van der Waals surface area contributed by atoms with Gasteiger partial charge in [0.15, 0.2) is 11.5 Å². The monoisotopic (exact) mass is 306 g/mol. The topological polar surface area (TPSA) is 60.0 Å². The number of carbonyl (C=O) groups excluding carboxylic acids is 1. The standard InChI is InChI=1S/C16H22N2O4/c1-11-8-18(9-16(2,3)22-11)15(19)17-7-12-4-5-13-14(6-12)21-10-20-13/h4-6,11H,7-10H2,1-3H3,(H,17,19). The first-order chi connectivity index (χ1) is 10.4. The minimum atomic E-state index is -0.312. The minimum Gasteiger partial charge on any atom is -0.454 e. The molecule has 1 atom stereocenters. The molecule has 1 N–H and O–H groups in total. The van der Waals surface area contributed by atoms with Crippen molar-refractivity contribution in [2.45, 2.75) is 39.0 Å². The first-order valence-electron chi connectivity index (χ1n) is 7.52. The van der Waals surface area contributed by atoms with Crippen LogP contribution >= 0.6 is 0 Å². The Morgan fingerprint density at radius 3 is 2.91 bits per heavy atom. The molecule has 1 aromatic carbocycles. The van der Waals surface area contributed by atoms with Gasteiger partial charge in [-0.25, -0.2) is 4.79 Å². The van der Waals surface area contributed by atoms with Crippen molar-refractivity contribution in [3.63, 3.8) is 0 Å². The lowest BCUT2D eigenvalue weighted by atomic mass is 10.1. The fourth-order valence-electron chi connectivity index (χ4n) is 2.95. The molecule has 3 rings (SSSR count). The van der Waals surface area contributed by atoms with Gasteiger partial charge in [0.25, 0.3) is 0 Å². The normalized spacial score (nSPS) is 22.5. The van der Waals surface area contributed by atoms with Gasteiger partial charge in [-0.05, 0) is 38.5 Å². The number of morpholine rings is 1. The second kappa shape index (κ2) is 5.68. The summed E-state index contributed by atoms with van der Waals surface area (Å²) in [6.45, 7) is 7.90. The van der Waals surface area contributed by atoms with E-state index in [1.54, 1.807) is 4.90 Å². The smallest absolute Gasteiger partial charge is 0.317 e. The molecule has 0 saturated carbocycles. The summed E-state index contributed by atoms with van der Waals surface area (Å²) < 4.78 is 16.4. The number of carbonyl (C=O) groups is 1. The van der Waals surface area contributed by atoms with Crippen LogP contribution in [-0.2, 0) is 11.3 Å². The Hall–Kier alpha value is -1.95. The summed E-state index contributed by atoms with van der Waals surface area (Å²) in [5.41, 5.74) is 0.673. The molecule has 2 aliphatic rings. The van der Waals surface area contributed by atoms with Crippen molar-refractivity contribution < 1.29 is 19.0 Å². The molecule has 120 valence electrons. The highest BCUT2D eigenvalue weighted by molar-refractivity contribution is 5.74. The van der Waals surface area contributed by atoms with Crippen LogP contribution in [-0.4, -0.2) is 42.5 Å². The van der Waals surface area contributed by atoms with Gasteiger partial charge in [-0.1, -0.05) is 6.07 Å². The van der Waals surface area contributed by atoms with E-state index in [4.69, 9.17) is 14.2 Å². The van der Waals surface area contributed by atoms with E-state index in [-0.39, 0.29) is 24.5 Å². The van der Waals surface area contributed by atoms with E-state index in [2.05, 4.69) is 5.32 Å². The summed E-state index contributed by atoms with van der Waals surface area (Å²) in [5.74, 6) is 1.48. The molecular formula is C16H22N2O4. The Labute approximate surface area is 130 Å². The molecular weight excluding hydrogens is 284 g/mol. The van der Waals surface area contributed by atoms with Gasteiger partial charge in [0, 0.05) is 13.1 Å². The van der Waals surface area contributed by atoms with Gasteiger partial charge in [-0.3, -0.25) is 0 Å². The third-order valence-corrected chi connectivity index (χ3v) is 3.74. The molecule has 1 saturated heterocycles. The number of urea groups is 1. The van der Waals surface area contributed by atoms with E-state index in [0.717, 1.165) is 17.1 Å². The second-order valence-corrected chi connectivity index (χ2v) is 6.42. The molecule has 2 amide bonds. The van der Waals surface area contributed by atoms with E-state index < -0.39 is 0 Å². The summed E-state index contributed by atoms with van der Waals surface area (Å²) in [5, 5.41) is 2.95. The Morgan fingerprint density at radius 1 is 1.36 bits per heavy atom. The van der Waals surface area contributed by atoms with E-state index in [1.165, 1.54) is 0 Å². The molecule has 0 radical (unpaired) electrons. The lowest BCUT2D eigenvalue weighted by molar-refractivity contribution is -0.117. The zero-order valence-corrected chi connectivity index (χ0v) is 13.2. The van der Waals surface area contributed by atoms with Crippen LogP contribution in [0.5, 0.6) is 11.5 Å². The Kier molecular flexibility index (Phi) is 3.87. The largest absolute Gasteiger partial charge is 0.454 e. The van der Waals surface area contributed by atoms with E-state index >= 15 is 0 Å². The minimum absolute atomic E-state index is 0.0417. The lowest BCUT2D eigenvalue weighted by Crippen LogP contribution is -2.56. The highest BCUT2D eigenvalue weighted by Crippen LogP contribution is 2.32. The highest BCUT2D eigenvalue weighted by atomic mass is 16.7. The average Bonchev–Trinajstić information content (AvgIpc) is 2.90. The van der Waals surface area contributed by atoms with Crippen LogP contribution in [0.1, 0.15) is 26.3 Å².